The van der Waals surface area contributed by atoms with Gasteiger partial charge in [-0.3, -0.25) is 4.79 Å². The van der Waals surface area contributed by atoms with Crippen LogP contribution in [-0.4, -0.2) is 58.3 Å². The van der Waals surface area contributed by atoms with Crippen molar-refractivity contribution in [2.45, 2.75) is 24.9 Å². The minimum absolute atomic E-state index is 0.0611. The van der Waals surface area contributed by atoms with Crippen LogP contribution in [0.15, 0.2) is 0 Å². The second kappa shape index (κ2) is 11.7. The van der Waals surface area contributed by atoms with E-state index in [1.165, 1.54) is 0 Å². The molecule has 0 aliphatic carbocycles. The molecule has 0 aromatic carbocycles. The molecule has 0 spiro atoms. The number of carbonyl (C=O) groups is 4. The Kier molecular flexibility index (Phi) is 10.8. The van der Waals surface area contributed by atoms with Crippen molar-refractivity contribution in [1.82, 2.24) is 16.0 Å². The van der Waals surface area contributed by atoms with E-state index in [4.69, 9.17) is 10.2 Å². The van der Waals surface area contributed by atoms with Crippen molar-refractivity contribution < 1.29 is 34.0 Å². The quantitative estimate of drug-likeness (QED) is 0.157. The fourth-order valence-electron chi connectivity index (χ4n) is 1.38. The van der Waals surface area contributed by atoms with Crippen molar-refractivity contribution in [2.24, 2.45) is 0 Å². The van der Waals surface area contributed by atoms with Crippen LogP contribution in [0.3, 0.4) is 0 Å². The molecular formula is C11H16N3O7PS. The van der Waals surface area contributed by atoms with Crippen molar-refractivity contribution in [3.05, 3.63) is 0 Å². The predicted molar refractivity (Wildman–Crippen MR) is 81.7 cm³/mol. The van der Waals surface area contributed by atoms with Gasteiger partial charge in [-0.1, -0.05) is 0 Å². The predicted octanol–water partition coefficient (Wildman–Crippen LogP) is -1.37. The van der Waals surface area contributed by atoms with Gasteiger partial charge in [-0.25, -0.2) is 0 Å². The second-order valence-electron chi connectivity index (χ2n) is 4.19. The van der Waals surface area contributed by atoms with Crippen LogP contribution in [0.5, 0.6) is 0 Å². The number of carboxylic acids is 2. The van der Waals surface area contributed by atoms with Gasteiger partial charge in [0.1, 0.15) is 0 Å². The van der Waals surface area contributed by atoms with E-state index in [9.17, 15) is 23.7 Å². The Labute approximate surface area is 137 Å². The molecule has 12 heteroatoms. The van der Waals surface area contributed by atoms with Gasteiger partial charge >= 0.3 is 127 Å². The summed E-state index contributed by atoms with van der Waals surface area (Å²) in [5.74, 6) is -1.79. The van der Waals surface area contributed by atoms with Crippen LogP contribution in [0.2, 0.25) is 0 Å². The minimum atomic E-state index is -1.25. The molecule has 0 heterocycles. The number of carbonyl (C=O) groups excluding carboxylic acids is 2. The molecule has 0 aliphatic rings. The molecule has 0 radical (unpaired) electrons. The summed E-state index contributed by atoms with van der Waals surface area (Å²) in [5, 5.41) is 24.0. The van der Waals surface area contributed by atoms with E-state index in [-0.39, 0.29) is 18.6 Å². The fraction of sp³-hybridized carbons (Fsp3) is 0.545. The summed E-state index contributed by atoms with van der Waals surface area (Å²) >= 11 is 3.89. The molecule has 0 saturated carbocycles. The van der Waals surface area contributed by atoms with Crippen LogP contribution < -0.4 is 16.0 Å². The number of amides is 2. The molecule has 0 bridgehead atoms. The Balaban J connectivity index is 4.44. The molecule has 0 rings (SSSR count). The number of hydrogen-bond donors (Lipinski definition) is 6. The Bertz CT molecular complexity index is 565. The molecule has 0 aliphatic heterocycles. The summed E-state index contributed by atoms with van der Waals surface area (Å²) < 4.78 is 10.2. The fourth-order valence-corrected chi connectivity index (χ4v) is 1.85. The molecule has 128 valence electrons. The third-order valence-corrected chi connectivity index (χ3v) is 3.08. The molecule has 0 aromatic rings. The van der Waals surface area contributed by atoms with E-state index in [1.54, 1.807) is 0 Å². The first-order valence-corrected chi connectivity index (χ1v) is 7.71. The number of carboxylic acid groups (broad SMARTS) is 2. The molecule has 2 amide bonds. The standard InChI is InChI=1S/C11H16N3O7PS/c15-8(2-1-6(11(19)20)13-5-22-21)14-7(4-23)10(18)12-3-9(16)17/h6-7,13,23H,1-4H2,(H,12,18)(H,14,15)(H,16,17)(H,19,20)/t6-,7-/m0/s1. The van der Waals surface area contributed by atoms with Crippen LogP contribution in [0.1, 0.15) is 12.8 Å². The van der Waals surface area contributed by atoms with E-state index >= 15 is 0 Å². The average Bonchev–Trinajstić information content (AvgIpc) is 2.49. The van der Waals surface area contributed by atoms with Gasteiger partial charge in [0.25, 0.3) is 0 Å². The van der Waals surface area contributed by atoms with Crippen molar-refractivity contribution in [3.63, 3.8) is 0 Å². The van der Waals surface area contributed by atoms with Gasteiger partial charge in [-0.2, -0.15) is 0 Å². The number of thiol groups is 1. The topological polar surface area (TPSA) is 162 Å². The second-order valence-corrected chi connectivity index (χ2v) is 4.96. The molecule has 5 N–H and O–H groups in total. The summed E-state index contributed by atoms with van der Waals surface area (Å²) in [5.41, 5.74) is 0. The third kappa shape index (κ3) is 9.75. The first-order valence-electron chi connectivity index (χ1n) is 6.27. The van der Waals surface area contributed by atoms with Crippen LogP contribution in [0, 0.1) is 5.75 Å². The van der Waals surface area contributed by atoms with Gasteiger partial charge < -0.3 is 5.11 Å². The van der Waals surface area contributed by atoms with Crippen LogP contribution >= 0.6 is 20.5 Å². The number of rotatable bonds is 10. The van der Waals surface area contributed by atoms with Crippen molar-refractivity contribution in [3.8, 4) is 5.75 Å². The first kappa shape index (κ1) is 21.2. The van der Waals surface area contributed by atoms with E-state index < -0.39 is 50.3 Å². The summed E-state index contributed by atoms with van der Waals surface area (Å²) in [6, 6.07) is -2.20. The van der Waals surface area contributed by atoms with E-state index in [2.05, 4.69) is 34.3 Å². The Hall–Kier alpha value is -1.80. The van der Waals surface area contributed by atoms with E-state index in [1.807, 2.05) is 0 Å². The summed E-state index contributed by atoms with van der Waals surface area (Å²) in [6.07, 6.45) is -0.350. The average molecular weight is 365 g/mol. The Morgan fingerprint density at radius 2 is 1.83 bits per heavy atom. The van der Waals surface area contributed by atoms with Gasteiger partial charge in [0, 0.05) is 0 Å². The maximum absolute atomic E-state index is 11.7. The number of aliphatic carboxylic acids is 2. The zero-order valence-corrected chi connectivity index (χ0v) is 13.6. The summed E-state index contributed by atoms with van der Waals surface area (Å²) in [4.78, 5) is 44.6. The monoisotopic (exact) mass is 365 g/mol. The van der Waals surface area contributed by atoms with Gasteiger partial charge in [0.2, 0.25) is 0 Å². The molecule has 23 heavy (non-hydrogen) atoms. The van der Waals surface area contributed by atoms with Crippen LogP contribution in [0.4, 0.5) is 0 Å². The van der Waals surface area contributed by atoms with Crippen LogP contribution in [-0.2, 0) is 23.7 Å². The van der Waals surface area contributed by atoms with E-state index in [0.717, 1.165) is 0 Å². The van der Waals surface area contributed by atoms with E-state index in [0.29, 0.717) is 0 Å². The Morgan fingerprint density at radius 1 is 1.17 bits per heavy atom. The van der Waals surface area contributed by atoms with Gasteiger partial charge in [-0.15, -0.1) is 0 Å². The van der Waals surface area contributed by atoms with Crippen LogP contribution in [0.25, 0.3) is 0 Å². The SMILES string of the molecule is O=P#CN[C@@H](CCC(=O)N[C@@H](CS)C(=O)NCC(=O)O)C(=O)O. The number of hydrogen-bond acceptors (Lipinski definition) is 7. The Morgan fingerprint density at radius 3 is 2.30 bits per heavy atom. The number of nitrogens with one attached hydrogen (secondary N) is 3. The molecule has 0 unspecified atom stereocenters. The molecule has 0 fully saturated rings. The molecule has 2 atom stereocenters. The normalized spacial score (nSPS) is 12.4. The third-order valence-electron chi connectivity index (χ3n) is 2.49. The molecule has 0 saturated heterocycles. The first-order chi connectivity index (χ1) is 10.8. The maximum atomic E-state index is 11.7. The van der Waals surface area contributed by atoms with Crippen molar-refractivity contribution >= 4 is 44.3 Å². The van der Waals surface area contributed by atoms with Crippen molar-refractivity contribution in [1.29, 1.82) is 0 Å². The van der Waals surface area contributed by atoms with Gasteiger partial charge in [0.05, 0.1) is 0 Å². The summed E-state index contributed by atoms with van der Waals surface area (Å²) in [7, 11) is -0.516. The zero-order chi connectivity index (χ0) is 17.8. The summed E-state index contributed by atoms with van der Waals surface area (Å²) in [6.45, 7) is -0.593. The molecule has 0 aromatic heterocycles. The van der Waals surface area contributed by atoms with Crippen molar-refractivity contribution in [2.75, 3.05) is 12.3 Å². The molecular weight excluding hydrogens is 349 g/mol. The zero-order valence-electron chi connectivity index (χ0n) is 11.8. The van der Waals surface area contributed by atoms with Gasteiger partial charge in [0.15, 0.2) is 0 Å². The van der Waals surface area contributed by atoms with Gasteiger partial charge in [-0.05, 0) is 0 Å². The molecule has 10 nitrogen and oxygen atoms in total.